The number of nitrogens with one attached hydrogen (secondary N) is 1. The van der Waals surface area contributed by atoms with Gasteiger partial charge in [0.2, 0.25) is 0 Å². The fourth-order valence-electron chi connectivity index (χ4n) is 4.46. The molecule has 3 aromatic heterocycles. The Labute approximate surface area is 192 Å². The number of pyridine rings is 1. The van der Waals surface area contributed by atoms with Gasteiger partial charge in [0.1, 0.15) is 0 Å². The van der Waals surface area contributed by atoms with Gasteiger partial charge in [0.15, 0.2) is 5.82 Å². The monoisotopic (exact) mass is 443 g/mol. The third-order valence-corrected chi connectivity index (χ3v) is 6.64. The maximum Gasteiger partial charge on any atom is 0.328 e. The lowest BCUT2D eigenvalue weighted by Crippen LogP contribution is -2.26. The maximum absolute atomic E-state index is 13.3. The largest absolute Gasteiger partial charge is 0.328 e. The summed E-state index contributed by atoms with van der Waals surface area (Å²) in [5, 5.41) is 14.2. The molecule has 1 aliphatic rings. The highest BCUT2D eigenvalue weighted by molar-refractivity contribution is 5.78. The van der Waals surface area contributed by atoms with E-state index in [9.17, 15) is 4.79 Å². The van der Waals surface area contributed by atoms with Crippen molar-refractivity contribution in [2.24, 2.45) is 5.41 Å². The summed E-state index contributed by atoms with van der Waals surface area (Å²) in [4.78, 5) is 18.0. The third kappa shape index (κ3) is 4.13. The molecule has 1 fully saturated rings. The van der Waals surface area contributed by atoms with Crippen molar-refractivity contribution < 1.29 is 0 Å². The molecule has 0 bridgehead atoms. The number of nitrogens with zero attached hydrogens (tertiary/aromatic N) is 6. The van der Waals surface area contributed by atoms with E-state index < -0.39 is 0 Å². The third-order valence-electron chi connectivity index (χ3n) is 6.64. The van der Waals surface area contributed by atoms with E-state index in [1.54, 1.807) is 0 Å². The van der Waals surface area contributed by atoms with Crippen LogP contribution in [0.5, 0.6) is 0 Å². The van der Waals surface area contributed by atoms with Crippen LogP contribution >= 0.6 is 0 Å². The van der Waals surface area contributed by atoms with E-state index in [4.69, 9.17) is 4.98 Å². The molecule has 3 heterocycles. The summed E-state index contributed by atoms with van der Waals surface area (Å²) < 4.78 is 3.88. The number of rotatable bonds is 8. The van der Waals surface area contributed by atoms with Crippen molar-refractivity contribution in [3.8, 4) is 22.6 Å². The minimum absolute atomic E-state index is 0.0870. The van der Waals surface area contributed by atoms with Crippen LogP contribution in [-0.2, 0) is 13.0 Å². The van der Waals surface area contributed by atoms with Gasteiger partial charge in [-0.3, -0.25) is 14.1 Å². The molecule has 4 aromatic rings. The second-order valence-electron chi connectivity index (χ2n) is 9.56. The molecule has 5 rings (SSSR count). The number of unbranched alkanes of at least 4 members (excludes halogenated alkanes) is 1. The predicted octanol–water partition coefficient (Wildman–Crippen LogP) is 4.25. The topological polar surface area (TPSA) is 94.3 Å². The van der Waals surface area contributed by atoms with Crippen LogP contribution in [0.2, 0.25) is 0 Å². The normalized spacial score (nSPS) is 16.8. The number of aryl methyl sites for hydroxylation is 1. The zero-order valence-electron chi connectivity index (χ0n) is 19.3. The van der Waals surface area contributed by atoms with Gasteiger partial charge < -0.3 is 0 Å². The van der Waals surface area contributed by atoms with Crippen molar-refractivity contribution in [3.05, 3.63) is 70.5 Å². The average Bonchev–Trinajstić information content (AvgIpc) is 3.16. The predicted molar refractivity (Wildman–Crippen MR) is 127 cm³/mol. The Morgan fingerprint density at radius 1 is 1.15 bits per heavy atom. The van der Waals surface area contributed by atoms with Crippen LogP contribution < -0.4 is 5.69 Å². The summed E-state index contributed by atoms with van der Waals surface area (Å²) in [5.41, 5.74) is 5.08. The second-order valence-corrected chi connectivity index (χ2v) is 9.56. The van der Waals surface area contributed by atoms with Crippen molar-refractivity contribution in [3.63, 3.8) is 0 Å². The number of aromatic nitrogens is 7. The molecule has 8 heteroatoms. The van der Waals surface area contributed by atoms with E-state index in [2.05, 4.69) is 47.6 Å². The van der Waals surface area contributed by atoms with E-state index in [0.717, 1.165) is 53.8 Å². The highest BCUT2D eigenvalue weighted by Gasteiger charge is 2.48. The molecule has 0 amide bonds. The van der Waals surface area contributed by atoms with Crippen LogP contribution in [0.3, 0.4) is 0 Å². The van der Waals surface area contributed by atoms with Crippen LogP contribution in [0.1, 0.15) is 57.3 Å². The van der Waals surface area contributed by atoms with Crippen LogP contribution in [0, 0.1) is 5.41 Å². The molecule has 0 spiro atoms. The number of tetrazole rings is 1. The molecule has 33 heavy (non-hydrogen) atoms. The summed E-state index contributed by atoms with van der Waals surface area (Å²) in [6.07, 6.45) is 8.09. The fourth-order valence-corrected chi connectivity index (χ4v) is 4.46. The summed E-state index contributed by atoms with van der Waals surface area (Å²) in [7, 11) is 0. The van der Waals surface area contributed by atoms with E-state index in [1.165, 1.54) is 0 Å². The molecular weight excluding hydrogens is 414 g/mol. The van der Waals surface area contributed by atoms with Gasteiger partial charge in [0.25, 0.3) is 0 Å². The molecular formula is C25H29N7O. The van der Waals surface area contributed by atoms with Crippen LogP contribution in [-0.4, -0.2) is 34.7 Å². The number of hydrogen-bond acceptors (Lipinski definition) is 5. The summed E-state index contributed by atoms with van der Waals surface area (Å²) in [6.45, 7) is 7.16. The Balaban J connectivity index is 1.43. The second kappa shape index (κ2) is 8.42. The van der Waals surface area contributed by atoms with Gasteiger partial charge in [-0.05, 0) is 46.7 Å². The van der Waals surface area contributed by atoms with Gasteiger partial charge in [-0.25, -0.2) is 9.89 Å². The average molecular weight is 444 g/mol. The molecule has 1 aromatic carbocycles. The first-order valence-electron chi connectivity index (χ1n) is 11.6. The lowest BCUT2D eigenvalue weighted by atomic mass is 10.0. The summed E-state index contributed by atoms with van der Waals surface area (Å²) in [6, 6.07) is 12.2. The molecule has 1 saturated carbocycles. The van der Waals surface area contributed by atoms with Crippen molar-refractivity contribution in [1.82, 2.24) is 34.7 Å². The Bertz CT molecular complexity index is 1300. The van der Waals surface area contributed by atoms with Crippen molar-refractivity contribution in [2.45, 2.75) is 59.0 Å². The highest BCUT2D eigenvalue weighted by Crippen LogP contribution is 2.54. The fraction of sp³-hybridized carbons (Fsp3) is 0.400. The summed E-state index contributed by atoms with van der Waals surface area (Å²) in [5.74, 6) is 0.605. The number of H-pyrrole nitrogens is 1. The number of benzene rings is 1. The van der Waals surface area contributed by atoms with Crippen LogP contribution in [0.15, 0.2) is 53.6 Å². The first-order valence-corrected chi connectivity index (χ1v) is 11.6. The molecule has 0 saturated heterocycles. The van der Waals surface area contributed by atoms with Crippen LogP contribution in [0.4, 0.5) is 0 Å². The van der Waals surface area contributed by atoms with E-state index in [-0.39, 0.29) is 11.1 Å². The molecule has 8 nitrogen and oxygen atoms in total. The SMILES string of the molecule is CCCCc1cn(C2CC2(C)C)c(=O)n1Cc1ccc(-c2ccccc2-c2nnn[nH]2)nc1. The van der Waals surface area contributed by atoms with Gasteiger partial charge in [0, 0.05) is 35.3 Å². The lowest BCUT2D eigenvalue weighted by Gasteiger charge is -2.09. The molecule has 0 radical (unpaired) electrons. The maximum atomic E-state index is 13.3. The minimum Gasteiger partial charge on any atom is -0.295 e. The first kappa shape index (κ1) is 21.3. The zero-order chi connectivity index (χ0) is 23.0. The van der Waals surface area contributed by atoms with Gasteiger partial charge in [-0.15, -0.1) is 5.10 Å². The van der Waals surface area contributed by atoms with Crippen molar-refractivity contribution in [1.29, 1.82) is 0 Å². The molecule has 170 valence electrons. The van der Waals surface area contributed by atoms with E-state index in [1.807, 2.05) is 51.7 Å². The van der Waals surface area contributed by atoms with Gasteiger partial charge in [0.05, 0.1) is 12.2 Å². The highest BCUT2D eigenvalue weighted by atomic mass is 16.1. The molecule has 1 unspecified atom stereocenters. The Hall–Kier alpha value is -3.55. The Morgan fingerprint density at radius 2 is 1.94 bits per heavy atom. The molecule has 1 atom stereocenters. The molecule has 1 aliphatic carbocycles. The van der Waals surface area contributed by atoms with Gasteiger partial charge in [-0.1, -0.05) is 57.5 Å². The van der Waals surface area contributed by atoms with E-state index >= 15 is 0 Å². The van der Waals surface area contributed by atoms with Crippen molar-refractivity contribution >= 4 is 0 Å². The standard InChI is InChI=1S/C25H29N7O/c1-4-5-8-18-16-32(22-13-25(22,2)3)24(33)31(18)15-17-11-12-21(26-14-17)19-9-6-7-10-20(19)23-27-29-30-28-23/h6-7,9-12,14,16,22H,4-5,8,13,15H2,1-3H3,(H,27,28,29,30). The summed E-state index contributed by atoms with van der Waals surface area (Å²) >= 11 is 0. The number of hydrogen-bond donors (Lipinski definition) is 1. The van der Waals surface area contributed by atoms with Gasteiger partial charge in [-0.2, -0.15) is 0 Å². The van der Waals surface area contributed by atoms with Gasteiger partial charge >= 0.3 is 5.69 Å². The molecule has 0 aliphatic heterocycles. The quantitative estimate of drug-likeness (QED) is 0.439. The molecule has 1 N–H and O–H groups in total. The van der Waals surface area contributed by atoms with Crippen LogP contribution in [0.25, 0.3) is 22.6 Å². The Kier molecular flexibility index (Phi) is 5.44. The smallest absolute Gasteiger partial charge is 0.295 e. The minimum atomic E-state index is 0.0870. The number of imidazole rings is 1. The zero-order valence-corrected chi connectivity index (χ0v) is 19.3. The van der Waals surface area contributed by atoms with Crippen molar-refractivity contribution in [2.75, 3.05) is 0 Å². The lowest BCUT2D eigenvalue weighted by molar-refractivity contribution is 0.523. The number of aromatic amines is 1. The Morgan fingerprint density at radius 3 is 2.58 bits per heavy atom. The first-order chi connectivity index (χ1) is 16.0. The van der Waals surface area contributed by atoms with E-state index in [0.29, 0.717) is 18.4 Å².